The highest BCUT2D eigenvalue weighted by Gasteiger charge is 2.11. The van der Waals surface area contributed by atoms with Gasteiger partial charge in [0.15, 0.2) is 0 Å². The maximum absolute atomic E-state index is 12.1. The number of nitrogens with zero attached hydrogens (tertiary/aromatic N) is 1. The number of hydrogen-bond donors (Lipinski definition) is 1. The molecule has 5 heteroatoms. The summed E-state index contributed by atoms with van der Waals surface area (Å²) in [5.74, 6) is -0.190. The van der Waals surface area contributed by atoms with Crippen LogP contribution in [0.5, 0.6) is 0 Å². The molecule has 0 spiro atoms. The van der Waals surface area contributed by atoms with Crippen LogP contribution in [0.1, 0.15) is 28.4 Å². The van der Waals surface area contributed by atoms with Gasteiger partial charge in [0.05, 0.1) is 0 Å². The number of rotatable bonds is 6. The molecule has 4 nitrogen and oxygen atoms in total. The molecule has 0 aliphatic heterocycles. The highest BCUT2D eigenvalue weighted by atomic mass is 35.5. The Morgan fingerprint density at radius 3 is 2.38 bits per heavy atom. The molecule has 0 radical (unpaired) electrons. The molecule has 24 heavy (non-hydrogen) atoms. The highest BCUT2D eigenvalue weighted by molar-refractivity contribution is 6.30. The van der Waals surface area contributed by atoms with Gasteiger partial charge in [-0.3, -0.25) is 9.59 Å². The van der Waals surface area contributed by atoms with Gasteiger partial charge in [-0.1, -0.05) is 35.9 Å². The second kappa shape index (κ2) is 8.50. The smallest absolute Gasteiger partial charge is 0.251 e. The standard InChI is InChI=1S/C19H21ClN2O2/c1-14-5-3-4-6-17(14)13-22(15(2)23)12-11-21-19(24)16-7-9-18(20)10-8-16/h3-10H,11-13H2,1-2H3,(H,21,24). The van der Waals surface area contributed by atoms with E-state index in [0.29, 0.717) is 30.2 Å². The van der Waals surface area contributed by atoms with Gasteiger partial charge in [0.1, 0.15) is 0 Å². The minimum absolute atomic E-state index is 0.0148. The third-order valence-corrected chi connectivity index (χ3v) is 4.09. The lowest BCUT2D eigenvalue weighted by atomic mass is 10.1. The zero-order chi connectivity index (χ0) is 17.5. The maximum atomic E-state index is 12.1. The summed E-state index contributed by atoms with van der Waals surface area (Å²) in [6.45, 7) is 4.96. The molecule has 2 rings (SSSR count). The van der Waals surface area contributed by atoms with E-state index in [2.05, 4.69) is 5.32 Å². The van der Waals surface area contributed by atoms with Crippen molar-refractivity contribution in [1.29, 1.82) is 0 Å². The lowest BCUT2D eigenvalue weighted by Crippen LogP contribution is -2.37. The van der Waals surface area contributed by atoms with E-state index < -0.39 is 0 Å². The van der Waals surface area contributed by atoms with E-state index in [1.165, 1.54) is 0 Å². The van der Waals surface area contributed by atoms with E-state index in [9.17, 15) is 9.59 Å². The van der Waals surface area contributed by atoms with Crippen LogP contribution in [0, 0.1) is 6.92 Å². The minimum atomic E-state index is -0.175. The van der Waals surface area contributed by atoms with Crippen molar-refractivity contribution in [3.05, 3.63) is 70.2 Å². The van der Waals surface area contributed by atoms with Crippen molar-refractivity contribution in [3.8, 4) is 0 Å². The van der Waals surface area contributed by atoms with Gasteiger partial charge in [0.25, 0.3) is 5.91 Å². The first-order valence-corrected chi connectivity index (χ1v) is 8.19. The molecule has 0 fully saturated rings. The summed E-state index contributed by atoms with van der Waals surface area (Å²) in [4.78, 5) is 25.6. The van der Waals surface area contributed by atoms with Gasteiger partial charge in [-0.2, -0.15) is 0 Å². The number of halogens is 1. The molecule has 2 aromatic rings. The van der Waals surface area contributed by atoms with Crippen molar-refractivity contribution < 1.29 is 9.59 Å². The van der Waals surface area contributed by atoms with Gasteiger partial charge in [-0.15, -0.1) is 0 Å². The lowest BCUT2D eigenvalue weighted by molar-refractivity contribution is -0.129. The number of carbonyl (C=O) groups excluding carboxylic acids is 2. The second-order valence-electron chi connectivity index (χ2n) is 5.63. The van der Waals surface area contributed by atoms with E-state index in [1.807, 2.05) is 31.2 Å². The molecule has 0 unspecified atom stereocenters. The molecule has 0 aliphatic rings. The maximum Gasteiger partial charge on any atom is 0.251 e. The third kappa shape index (κ3) is 5.10. The highest BCUT2D eigenvalue weighted by Crippen LogP contribution is 2.11. The van der Waals surface area contributed by atoms with Crippen molar-refractivity contribution in [3.63, 3.8) is 0 Å². The molecule has 2 amide bonds. The van der Waals surface area contributed by atoms with Crippen molar-refractivity contribution in [2.24, 2.45) is 0 Å². The number of aryl methyl sites for hydroxylation is 1. The van der Waals surface area contributed by atoms with Crippen LogP contribution < -0.4 is 5.32 Å². The minimum Gasteiger partial charge on any atom is -0.350 e. The number of amides is 2. The van der Waals surface area contributed by atoms with Gasteiger partial charge >= 0.3 is 0 Å². The fourth-order valence-electron chi connectivity index (χ4n) is 2.35. The molecule has 0 saturated heterocycles. The largest absolute Gasteiger partial charge is 0.350 e. The Morgan fingerprint density at radius 2 is 1.75 bits per heavy atom. The molecule has 126 valence electrons. The Morgan fingerprint density at radius 1 is 1.08 bits per heavy atom. The van der Waals surface area contributed by atoms with Gasteiger partial charge in [-0.25, -0.2) is 0 Å². The zero-order valence-electron chi connectivity index (χ0n) is 13.9. The second-order valence-corrected chi connectivity index (χ2v) is 6.07. The van der Waals surface area contributed by atoms with E-state index in [-0.39, 0.29) is 11.8 Å². The topological polar surface area (TPSA) is 49.4 Å². The predicted molar refractivity (Wildman–Crippen MR) is 96.1 cm³/mol. The molecule has 0 aliphatic carbocycles. The van der Waals surface area contributed by atoms with Crippen LogP contribution in [0.25, 0.3) is 0 Å². The Hall–Kier alpha value is -2.33. The van der Waals surface area contributed by atoms with Crippen LogP contribution in [0.15, 0.2) is 48.5 Å². The summed E-state index contributed by atoms with van der Waals surface area (Å²) in [7, 11) is 0. The first-order valence-electron chi connectivity index (χ1n) is 7.81. The van der Waals surface area contributed by atoms with Crippen molar-refractivity contribution in [2.45, 2.75) is 20.4 Å². The quantitative estimate of drug-likeness (QED) is 0.872. The fraction of sp³-hybridized carbons (Fsp3) is 0.263. The lowest BCUT2D eigenvalue weighted by Gasteiger charge is -2.22. The van der Waals surface area contributed by atoms with Crippen LogP contribution in [0.2, 0.25) is 5.02 Å². The molecule has 0 saturated carbocycles. The fourth-order valence-corrected chi connectivity index (χ4v) is 2.47. The average Bonchev–Trinajstić information content (AvgIpc) is 2.56. The molecule has 0 aromatic heterocycles. The average molecular weight is 345 g/mol. The Labute approximate surface area is 147 Å². The van der Waals surface area contributed by atoms with E-state index in [1.54, 1.807) is 36.1 Å². The van der Waals surface area contributed by atoms with Crippen molar-refractivity contribution in [2.75, 3.05) is 13.1 Å². The number of nitrogens with one attached hydrogen (secondary N) is 1. The van der Waals surface area contributed by atoms with Gasteiger partial charge in [0, 0.05) is 37.1 Å². The molecule has 0 atom stereocenters. The predicted octanol–water partition coefficient (Wildman–Crippen LogP) is 3.43. The summed E-state index contributed by atoms with van der Waals surface area (Å²) in [5, 5.41) is 3.42. The van der Waals surface area contributed by atoms with Crippen molar-refractivity contribution in [1.82, 2.24) is 10.2 Å². The summed E-state index contributed by atoms with van der Waals surface area (Å²) in [5.41, 5.74) is 2.80. The number of carbonyl (C=O) groups is 2. The number of hydrogen-bond acceptors (Lipinski definition) is 2. The molecular weight excluding hydrogens is 324 g/mol. The van der Waals surface area contributed by atoms with Crippen LogP contribution in [-0.4, -0.2) is 29.8 Å². The summed E-state index contributed by atoms with van der Waals surface area (Å²) >= 11 is 5.81. The van der Waals surface area contributed by atoms with Gasteiger partial charge < -0.3 is 10.2 Å². The molecule has 0 bridgehead atoms. The van der Waals surface area contributed by atoms with Crippen molar-refractivity contribution >= 4 is 23.4 Å². The third-order valence-electron chi connectivity index (χ3n) is 3.84. The van der Waals surface area contributed by atoms with Crippen LogP contribution in [0.3, 0.4) is 0 Å². The SMILES string of the molecule is CC(=O)N(CCNC(=O)c1ccc(Cl)cc1)Cc1ccccc1C. The Bertz CT molecular complexity index is 714. The first kappa shape index (κ1) is 18.0. The Balaban J connectivity index is 1.90. The Kier molecular flexibility index (Phi) is 6.38. The van der Waals surface area contributed by atoms with Gasteiger partial charge in [-0.05, 0) is 42.3 Å². The zero-order valence-corrected chi connectivity index (χ0v) is 14.6. The van der Waals surface area contributed by atoms with E-state index >= 15 is 0 Å². The normalized spacial score (nSPS) is 10.3. The molecule has 2 aromatic carbocycles. The molecule has 0 heterocycles. The summed E-state index contributed by atoms with van der Waals surface area (Å²) in [6.07, 6.45) is 0. The van der Waals surface area contributed by atoms with Gasteiger partial charge in [0.2, 0.25) is 5.91 Å². The van der Waals surface area contributed by atoms with Crippen LogP contribution in [-0.2, 0) is 11.3 Å². The van der Waals surface area contributed by atoms with Crippen LogP contribution >= 0.6 is 11.6 Å². The van der Waals surface area contributed by atoms with Crippen LogP contribution in [0.4, 0.5) is 0 Å². The monoisotopic (exact) mass is 344 g/mol. The molecular formula is C19H21ClN2O2. The molecule has 1 N–H and O–H groups in total. The van der Waals surface area contributed by atoms with E-state index in [0.717, 1.165) is 11.1 Å². The first-order chi connectivity index (χ1) is 11.5. The van der Waals surface area contributed by atoms with E-state index in [4.69, 9.17) is 11.6 Å². The number of benzene rings is 2. The summed E-state index contributed by atoms with van der Waals surface area (Å²) in [6, 6.07) is 14.7. The summed E-state index contributed by atoms with van der Waals surface area (Å²) < 4.78 is 0.